The maximum Gasteiger partial charge on any atom is 0.323 e. The Kier molecular flexibility index (Phi) is 5.76. The first-order chi connectivity index (χ1) is 14.6. The zero-order valence-electron chi connectivity index (χ0n) is 17.1. The third-order valence-electron chi connectivity index (χ3n) is 5.57. The predicted octanol–water partition coefficient (Wildman–Crippen LogP) is 3.48. The number of benzene rings is 2. The molecule has 158 valence electrons. The maximum absolute atomic E-state index is 12.7. The number of amides is 2. The fourth-order valence-electron chi connectivity index (χ4n) is 3.90. The highest BCUT2D eigenvalue weighted by Gasteiger charge is 2.24. The van der Waals surface area contributed by atoms with Crippen LogP contribution in [0.25, 0.3) is 22.0 Å². The monoisotopic (exact) mass is 410 g/mol. The van der Waals surface area contributed by atoms with Crippen LogP contribution in [0.3, 0.4) is 0 Å². The zero-order chi connectivity index (χ0) is 21.1. The molecule has 0 spiro atoms. The minimum Gasteiger partial charge on any atom is -0.497 e. The number of piperidine rings is 1. The number of hydrogen-bond donors (Lipinski definition) is 3. The van der Waals surface area contributed by atoms with Crippen LogP contribution >= 0.6 is 0 Å². The van der Waals surface area contributed by atoms with Crippen LogP contribution in [0.2, 0.25) is 0 Å². The van der Waals surface area contributed by atoms with E-state index in [1.807, 2.05) is 36.4 Å². The number of aliphatic hydroxyl groups excluding tert-OH is 1. The second-order valence-corrected chi connectivity index (χ2v) is 7.47. The van der Waals surface area contributed by atoms with Crippen molar-refractivity contribution < 1.29 is 19.4 Å². The average Bonchev–Trinajstić information content (AvgIpc) is 3.20. The number of nitrogens with one attached hydrogen (secondary N) is 2. The molecule has 1 unspecified atom stereocenters. The summed E-state index contributed by atoms with van der Waals surface area (Å²) in [7, 11) is 3.26. The van der Waals surface area contributed by atoms with Crippen LogP contribution in [0, 0.1) is 5.92 Å². The predicted molar refractivity (Wildman–Crippen MR) is 115 cm³/mol. The van der Waals surface area contributed by atoms with Gasteiger partial charge in [-0.3, -0.25) is 10.4 Å². The number of aromatic nitrogens is 2. The van der Waals surface area contributed by atoms with Crippen LogP contribution < -0.4 is 14.8 Å². The van der Waals surface area contributed by atoms with E-state index in [1.165, 1.54) is 0 Å². The highest BCUT2D eigenvalue weighted by Crippen LogP contribution is 2.35. The first-order valence-corrected chi connectivity index (χ1v) is 10.00. The van der Waals surface area contributed by atoms with E-state index in [2.05, 4.69) is 15.5 Å². The number of methoxy groups -OCH3 is 2. The average molecular weight is 410 g/mol. The molecule has 8 nitrogen and oxygen atoms in total. The SMILES string of the molecule is COc1ccc(OC)c(-c2ccc3c(NC(=O)N4CCCC(CO)C4)n[nH]c3c2)c1. The van der Waals surface area contributed by atoms with Crippen molar-refractivity contribution in [1.29, 1.82) is 0 Å². The van der Waals surface area contributed by atoms with Gasteiger partial charge in [0.05, 0.1) is 19.7 Å². The van der Waals surface area contributed by atoms with Crippen molar-refractivity contribution >= 4 is 22.8 Å². The number of carbonyl (C=O) groups excluding carboxylic acids is 1. The van der Waals surface area contributed by atoms with E-state index in [9.17, 15) is 9.90 Å². The van der Waals surface area contributed by atoms with Crippen LogP contribution in [0.15, 0.2) is 36.4 Å². The number of ether oxygens (including phenoxy) is 2. The van der Waals surface area contributed by atoms with Gasteiger partial charge < -0.3 is 19.5 Å². The number of nitrogens with zero attached hydrogens (tertiary/aromatic N) is 2. The molecule has 3 aromatic rings. The fourth-order valence-corrected chi connectivity index (χ4v) is 3.90. The van der Waals surface area contributed by atoms with Crippen molar-refractivity contribution in [2.75, 3.05) is 39.2 Å². The Bertz CT molecular complexity index is 1050. The first-order valence-electron chi connectivity index (χ1n) is 10.00. The minimum atomic E-state index is -0.194. The van der Waals surface area contributed by atoms with E-state index < -0.39 is 0 Å². The number of hydrogen-bond acceptors (Lipinski definition) is 5. The molecule has 0 aliphatic carbocycles. The molecule has 1 saturated heterocycles. The van der Waals surface area contributed by atoms with E-state index in [4.69, 9.17) is 9.47 Å². The molecule has 2 heterocycles. The number of H-pyrrole nitrogens is 1. The van der Waals surface area contributed by atoms with E-state index in [0.29, 0.717) is 18.9 Å². The van der Waals surface area contributed by atoms with Gasteiger partial charge in [-0.1, -0.05) is 6.07 Å². The van der Waals surface area contributed by atoms with Crippen molar-refractivity contribution in [3.8, 4) is 22.6 Å². The number of aliphatic hydroxyl groups is 1. The second kappa shape index (κ2) is 8.62. The minimum absolute atomic E-state index is 0.103. The summed E-state index contributed by atoms with van der Waals surface area (Å²) in [6.45, 7) is 1.35. The number of carbonyl (C=O) groups is 1. The molecule has 3 N–H and O–H groups in total. The molecule has 1 fully saturated rings. The summed E-state index contributed by atoms with van der Waals surface area (Å²) >= 11 is 0. The Morgan fingerprint density at radius 1 is 1.27 bits per heavy atom. The van der Waals surface area contributed by atoms with Crippen LogP contribution in [0.5, 0.6) is 11.5 Å². The molecule has 2 amide bonds. The third-order valence-corrected chi connectivity index (χ3v) is 5.57. The fraction of sp³-hybridized carbons (Fsp3) is 0.364. The molecule has 1 aliphatic rings. The van der Waals surface area contributed by atoms with E-state index in [0.717, 1.165) is 46.4 Å². The molecular formula is C22H26N4O4. The number of rotatable bonds is 5. The van der Waals surface area contributed by atoms with Gasteiger partial charge in [0.15, 0.2) is 5.82 Å². The van der Waals surface area contributed by atoms with Gasteiger partial charge in [0, 0.05) is 30.6 Å². The summed E-state index contributed by atoms with van der Waals surface area (Å²) in [5.41, 5.74) is 2.66. The van der Waals surface area contributed by atoms with Gasteiger partial charge in [-0.05, 0) is 54.7 Å². The van der Waals surface area contributed by atoms with Crippen LogP contribution in [0.1, 0.15) is 12.8 Å². The maximum atomic E-state index is 12.7. The summed E-state index contributed by atoms with van der Waals surface area (Å²) in [6, 6.07) is 11.3. The molecule has 1 aromatic heterocycles. The Balaban J connectivity index is 1.58. The quantitative estimate of drug-likeness (QED) is 0.598. The second-order valence-electron chi connectivity index (χ2n) is 7.47. The van der Waals surface area contributed by atoms with Crippen molar-refractivity contribution in [1.82, 2.24) is 15.1 Å². The number of aromatic amines is 1. The van der Waals surface area contributed by atoms with E-state index in [1.54, 1.807) is 19.1 Å². The van der Waals surface area contributed by atoms with Gasteiger partial charge in [0.1, 0.15) is 11.5 Å². The summed E-state index contributed by atoms with van der Waals surface area (Å²) in [4.78, 5) is 14.4. The van der Waals surface area contributed by atoms with E-state index in [-0.39, 0.29) is 18.6 Å². The standard InChI is InChI=1S/C22H26N4O4/c1-29-16-6-8-20(30-2)18(11-16)15-5-7-17-19(10-15)24-25-21(17)23-22(28)26-9-3-4-14(12-26)13-27/h5-8,10-11,14,27H,3-4,9,12-13H2,1-2H3,(H2,23,24,25,28). The van der Waals surface area contributed by atoms with Gasteiger partial charge in [-0.25, -0.2) is 4.79 Å². The summed E-state index contributed by atoms with van der Waals surface area (Å²) in [6.07, 6.45) is 1.84. The Morgan fingerprint density at radius 3 is 2.90 bits per heavy atom. The lowest BCUT2D eigenvalue weighted by Gasteiger charge is -2.31. The lowest BCUT2D eigenvalue weighted by atomic mass is 9.99. The molecule has 8 heteroatoms. The largest absolute Gasteiger partial charge is 0.497 e. The molecule has 30 heavy (non-hydrogen) atoms. The highest BCUT2D eigenvalue weighted by atomic mass is 16.5. The Labute approximate surface area is 174 Å². The summed E-state index contributed by atoms with van der Waals surface area (Å²) in [5, 5.41) is 20.4. The van der Waals surface area contributed by atoms with Gasteiger partial charge in [-0.15, -0.1) is 0 Å². The zero-order valence-corrected chi connectivity index (χ0v) is 17.1. The van der Waals surface area contributed by atoms with Gasteiger partial charge in [-0.2, -0.15) is 5.10 Å². The Morgan fingerprint density at radius 2 is 2.13 bits per heavy atom. The molecule has 0 saturated carbocycles. The lowest BCUT2D eigenvalue weighted by molar-refractivity contribution is 0.136. The molecule has 2 aromatic carbocycles. The number of fused-ring (bicyclic) bond motifs is 1. The van der Waals surface area contributed by atoms with Crippen molar-refractivity contribution in [2.24, 2.45) is 5.92 Å². The van der Waals surface area contributed by atoms with Gasteiger partial charge in [0.2, 0.25) is 0 Å². The van der Waals surface area contributed by atoms with Gasteiger partial charge >= 0.3 is 6.03 Å². The summed E-state index contributed by atoms with van der Waals surface area (Å²) in [5.74, 6) is 2.11. The normalized spacial score (nSPS) is 16.5. The van der Waals surface area contributed by atoms with Crippen LogP contribution in [-0.2, 0) is 0 Å². The third kappa shape index (κ3) is 3.91. The molecular weight excluding hydrogens is 384 g/mol. The first kappa shape index (κ1) is 20.0. The van der Waals surface area contributed by atoms with Crippen LogP contribution in [0.4, 0.5) is 10.6 Å². The summed E-state index contributed by atoms with van der Waals surface area (Å²) < 4.78 is 10.8. The lowest BCUT2D eigenvalue weighted by Crippen LogP contribution is -2.43. The smallest absolute Gasteiger partial charge is 0.323 e. The number of anilines is 1. The Hall–Kier alpha value is -3.26. The molecule has 4 rings (SSSR count). The molecule has 0 radical (unpaired) electrons. The number of urea groups is 1. The van der Waals surface area contributed by atoms with E-state index >= 15 is 0 Å². The van der Waals surface area contributed by atoms with Gasteiger partial charge in [0.25, 0.3) is 0 Å². The van der Waals surface area contributed by atoms with Crippen LogP contribution in [-0.4, -0.2) is 60.2 Å². The van der Waals surface area contributed by atoms with Crippen molar-refractivity contribution in [3.05, 3.63) is 36.4 Å². The number of likely N-dealkylation sites (tertiary alicyclic amines) is 1. The topological polar surface area (TPSA) is 99.7 Å². The molecule has 1 aliphatic heterocycles. The van der Waals surface area contributed by atoms with Crippen molar-refractivity contribution in [2.45, 2.75) is 12.8 Å². The molecule has 1 atom stereocenters. The highest BCUT2D eigenvalue weighted by molar-refractivity contribution is 6.00. The molecule has 0 bridgehead atoms. The van der Waals surface area contributed by atoms with Crippen molar-refractivity contribution in [3.63, 3.8) is 0 Å².